The van der Waals surface area contributed by atoms with Gasteiger partial charge in [0.1, 0.15) is 34.6 Å². The Labute approximate surface area is 131 Å². The molecular formula is C13H7ClF3N5O. The molecule has 2 aromatic heterocycles. The fourth-order valence-corrected chi connectivity index (χ4v) is 2.41. The summed E-state index contributed by atoms with van der Waals surface area (Å²) in [7, 11) is 1.32. The second-order valence-corrected chi connectivity index (χ2v) is 4.78. The van der Waals surface area contributed by atoms with Gasteiger partial charge >= 0.3 is 0 Å². The molecule has 6 nitrogen and oxygen atoms in total. The van der Waals surface area contributed by atoms with Crippen LogP contribution >= 0.6 is 11.6 Å². The number of aromatic nitrogens is 4. The SMILES string of the molecule is CNC(=O)c1c(-c2c(F)cc(F)cc2F)c(Cl)nc2ncnn12. The molecule has 3 rings (SSSR count). The third-order valence-electron chi connectivity index (χ3n) is 3.08. The first-order valence-electron chi connectivity index (χ1n) is 6.20. The summed E-state index contributed by atoms with van der Waals surface area (Å²) in [6.45, 7) is 0. The molecule has 0 saturated heterocycles. The summed E-state index contributed by atoms with van der Waals surface area (Å²) in [6, 6.07) is 0.960. The molecule has 1 N–H and O–H groups in total. The van der Waals surface area contributed by atoms with Crippen molar-refractivity contribution in [3.05, 3.63) is 46.8 Å². The van der Waals surface area contributed by atoms with Crippen molar-refractivity contribution in [3.63, 3.8) is 0 Å². The van der Waals surface area contributed by atoms with Crippen LogP contribution in [0.25, 0.3) is 16.9 Å². The van der Waals surface area contributed by atoms with Crippen molar-refractivity contribution in [3.8, 4) is 11.1 Å². The number of hydrogen-bond acceptors (Lipinski definition) is 4. The van der Waals surface area contributed by atoms with E-state index in [0.29, 0.717) is 12.1 Å². The zero-order chi connectivity index (χ0) is 16.7. The number of nitrogens with zero attached hydrogens (tertiary/aromatic N) is 4. The van der Waals surface area contributed by atoms with E-state index >= 15 is 0 Å². The highest BCUT2D eigenvalue weighted by molar-refractivity contribution is 6.33. The number of benzene rings is 1. The van der Waals surface area contributed by atoms with Gasteiger partial charge in [-0.1, -0.05) is 11.6 Å². The van der Waals surface area contributed by atoms with Crippen molar-refractivity contribution in [1.29, 1.82) is 0 Å². The quantitative estimate of drug-likeness (QED) is 0.725. The lowest BCUT2D eigenvalue weighted by atomic mass is 10.0. The maximum atomic E-state index is 14.1. The van der Waals surface area contributed by atoms with Crippen LogP contribution in [0.15, 0.2) is 18.5 Å². The average molecular weight is 342 g/mol. The highest BCUT2D eigenvalue weighted by atomic mass is 35.5. The standard InChI is InChI=1S/C13H7ClF3N5O/c1-18-12(23)10-9(8-6(16)2-5(15)3-7(8)17)11(14)21-13-19-4-20-22(10)13/h2-4H,1H3,(H,18,23). The summed E-state index contributed by atoms with van der Waals surface area (Å²) >= 11 is 5.99. The van der Waals surface area contributed by atoms with E-state index in [1.54, 1.807) is 0 Å². The van der Waals surface area contributed by atoms with Crippen molar-refractivity contribution in [1.82, 2.24) is 24.9 Å². The number of halogens is 4. The van der Waals surface area contributed by atoms with Crippen LogP contribution in [0, 0.1) is 17.5 Å². The summed E-state index contributed by atoms with van der Waals surface area (Å²) in [5.41, 5.74) is -1.30. The third-order valence-corrected chi connectivity index (χ3v) is 3.36. The Morgan fingerprint density at radius 2 is 1.87 bits per heavy atom. The Hall–Kier alpha value is -2.68. The Balaban J connectivity index is 2.46. The fourth-order valence-electron chi connectivity index (χ4n) is 2.15. The predicted molar refractivity (Wildman–Crippen MR) is 74.5 cm³/mol. The summed E-state index contributed by atoms with van der Waals surface area (Å²) in [4.78, 5) is 19.8. The van der Waals surface area contributed by atoms with Crippen molar-refractivity contribution in [2.75, 3.05) is 7.05 Å². The number of rotatable bonds is 2. The van der Waals surface area contributed by atoms with E-state index in [9.17, 15) is 18.0 Å². The van der Waals surface area contributed by atoms with Crippen LogP contribution in [-0.4, -0.2) is 32.5 Å². The molecule has 0 aliphatic carbocycles. The van der Waals surface area contributed by atoms with Crippen LogP contribution in [0.3, 0.4) is 0 Å². The van der Waals surface area contributed by atoms with Gasteiger partial charge in [0.25, 0.3) is 11.7 Å². The van der Waals surface area contributed by atoms with Gasteiger partial charge in [0, 0.05) is 19.2 Å². The van der Waals surface area contributed by atoms with Gasteiger partial charge in [-0.3, -0.25) is 4.79 Å². The van der Waals surface area contributed by atoms with Gasteiger partial charge < -0.3 is 5.32 Å². The van der Waals surface area contributed by atoms with Gasteiger partial charge in [-0.25, -0.2) is 13.2 Å². The van der Waals surface area contributed by atoms with E-state index in [1.807, 2.05) is 0 Å². The summed E-state index contributed by atoms with van der Waals surface area (Å²) in [5.74, 6) is -4.30. The highest BCUT2D eigenvalue weighted by Crippen LogP contribution is 2.34. The van der Waals surface area contributed by atoms with E-state index in [2.05, 4.69) is 20.4 Å². The molecule has 0 bridgehead atoms. The van der Waals surface area contributed by atoms with Crippen molar-refractivity contribution in [2.45, 2.75) is 0 Å². The first-order chi connectivity index (χ1) is 10.9. The second-order valence-electron chi connectivity index (χ2n) is 4.42. The topological polar surface area (TPSA) is 72.2 Å². The summed E-state index contributed by atoms with van der Waals surface area (Å²) in [5, 5.41) is 5.75. The normalized spacial score (nSPS) is 11.0. The van der Waals surface area contributed by atoms with Crippen LogP contribution < -0.4 is 5.32 Å². The van der Waals surface area contributed by atoms with Gasteiger partial charge in [0.2, 0.25) is 0 Å². The van der Waals surface area contributed by atoms with Crippen LogP contribution in [0.1, 0.15) is 10.5 Å². The Morgan fingerprint density at radius 1 is 1.22 bits per heavy atom. The zero-order valence-electron chi connectivity index (χ0n) is 11.4. The van der Waals surface area contributed by atoms with E-state index in [-0.39, 0.29) is 22.2 Å². The van der Waals surface area contributed by atoms with Gasteiger partial charge in [-0.2, -0.15) is 19.6 Å². The number of nitrogens with one attached hydrogen (secondary N) is 1. The lowest BCUT2D eigenvalue weighted by Crippen LogP contribution is -2.23. The molecule has 0 saturated carbocycles. The van der Waals surface area contributed by atoms with Crippen molar-refractivity contribution in [2.24, 2.45) is 0 Å². The average Bonchev–Trinajstić information content (AvgIpc) is 2.93. The van der Waals surface area contributed by atoms with Crippen molar-refractivity contribution < 1.29 is 18.0 Å². The smallest absolute Gasteiger partial charge is 0.270 e. The molecule has 23 heavy (non-hydrogen) atoms. The number of amides is 1. The monoisotopic (exact) mass is 341 g/mol. The molecule has 10 heteroatoms. The van der Waals surface area contributed by atoms with Gasteiger partial charge in [-0.05, 0) is 0 Å². The maximum absolute atomic E-state index is 14.1. The van der Waals surface area contributed by atoms with Crippen LogP contribution in [-0.2, 0) is 0 Å². The molecule has 0 aliphatic rings. The first-order valence-corrected chi connectivity index (χ1v) is 6.58. The van der Waals surface area contributed by atoms with Crippen LogP contribution in [0.2, 0.25) is 5.15 Å². The molecule has 0 spiro atoms. The molecule has 118 valence electrons. The largest absolute Gasteiger partial charge is 0.354 e. The minimum Gasteiger partial charge on any atom is -0.354 e. The number of carbonyl (C=O) groups is 1. The van der Waals surface area contributed by atoms with Crippen LogP contribution in [0.4, 0.5) is 13.2 Å². The van der Waals surface area contributed by atoms with Gasteiger partial charge in [0.15, 0.2) is 0 Å². The third kappa shape index (κ3) is 2.38. The highest BCUT2D eigenvalue weighted by Gasteiger charge is 2.27. The molecule has 2 heterocycles. The predicted octanol–water partition coefficient (Wildman–Crippen LogP) is 2.22. The number of carbonyl (C=O) groups excluding carboxylic acids is 1. The lowest BCUT2D eigenvalue weighted by molar-refractivity contribution is 0.0956. The molecule has 3 aromatic rings. The van der Waals surface area contributed by atoms with Gasteiger partial charge in [-0.15, -0.1) is 0 Å². The lowest BCUT2D eigenvalue weighted by Gasteiger charge is -2.13. The van der Waals surface area contributed by atoms with E-state index in [0.717, 1.165) is 10.8 Å². The summed E-state index contributed by atoms with van der Waals surface area (Å²) < 4.78 is 42.3. The molecule has 0 fully saturated rings. The number of hydrogen-bond donors (Lipinski definition) is 1. The Morgan fingerprint density at radius 3 is 2.48 bits per heavy atom. The van der Waals surface area contributed by atoms with E-state index in [4.69, 9.17) is 11.6 Å². The van der Waals surface area contributed by atoms with Crippen molar-refractivity contribution >= 4 is 23.3 Å². The summed E-state index contributed by atoms with van der Waals surface area (Å²) in [6.07, 6.45) is 1.10. The Bertz CT molecular complexity index is 920. The Kier molecular flexibility index (Phi) is 3.64. The molecule has 0 unspecified atom stereocenters. The minimum absolute atomic E-state index is 0.0275. The van der Waals surface area contributed by atoms with E-state index < -0.39 is 28.9 Å². The molecule has 1 aromatic carbocycles. The molecule has 1 amide bonds. The molecular weight excluding hydrogens is 335 g/mol. The molecule has 0 radical (unpaired) electrons. The molecule has 0 aliphatic heterocycles. The van der Waals surface area contributed by atoms with Gasteiger partial charge in [0.05, 0.1) is 11.1 Å². The molecule has 0 atom stereocenters. The van der Waals surface area contributed by atoms with Crippen LogP contribution in [0.5, 0.6) is 0 Å². The minimum atomic E-state index is -1.23. The number of fused-ring (bicyclic) bond motifs is 1. The zero-order valence-corrected chi connectivity index (χ0v) is 12.2. The first kappa shape index (κ1) is 15.2. The fraction of sp³-hybridized carbons (Fsp3) is 0.0769. The second kappa shape index (κ2) is 5.51. The van der Waals surface area contributed by atoms with E-state index in [1.165, 1.54) is 7.05 Å². The maximum Gasteiger partial charge on any atom is 0.270 e.